The molecule has 2 rings (SSSR count). The molecule has 17 heavy (non-hydrogen) atoms. The van der Waals surface area contributed by atoms with E-state index in [0.29, 0.717) is 10.0 Å². The van der Waals surface area contributed by atoms with Gasteiger partial charge in [-0.25, -0.2) is 4.39 Å². The van der Waals surface area contributed by atoms with Gasteiger partial charge in [0.2, 0.25) is 0 Å². The van der Waals surface area contributed by atoms with Crippen molar-refractivity contribution in [3.8, 4) is 0 Å². The predicted octanol–water partition coefficient (Wildman–Crippen LogP) is 3.94. The van der Waals surface area contributed by atoms with Crippen molar-refractivity contribution in [1.82, 2.24) is 0 Å². The first-order chi connectivity index (χ1) is 8.09. The van der Waals surface area contributed by atoms with Crippen LogP contribution in [0, 0.1) is 12.7 Å². The van der Waals surface area contributed by atoms with Crippen LogP contribution in [-0.2, 0) is 0 Å². The molecule has 0 heterocycles. The Kier molecular flexibility index (Phi) is 3.60. The van der Waals surface area contributed by atoms with Crippen molar-refractivity contribution in [2.75, 3.05) is 0 Å². The Bertz CT molecular complexity index is 539. The first-order valence-electron chi connectivity index (χ1n) is 5.35. The van der Waals surface area contributed by atoms with Gasteiger partial charge in [-0.3, -0.25) is 0 Å². The van der Waals surface area contributed by atoms with Crippen LogP contribution in [-0.4, -0.2) is 0 Å². The molecule has 88 valence electrons. The number of rotatable bonds is 2. The average molecular weight is 294 g/mol. The predicted molar refractivity (Wildman–Crippen MR) is 71.3 cm³/mol. The second kappa shape index (κ2) is 4.98. The lowest BCUT2D eigenvalue weighted by Gasteiger charge is -2.14. The Morgan fingerprint density at radius 3 is 2.59 bits per heavy atom. The van der Waals surface area contributed by atoms with Crippen molar-refractivity contribution in [2.24, 2.45) is 5.73 Å². The SMILES string of the molecule is Cc1cccc(C(N)c2cccc(Br)c2F)c1. The van der Waals surface area contributed by atoms with Crippen LogP contribution in [0.15, 0.2) is 46.9 Å². The third-order valence-electron chi connectivity index (χ3n) is 2.72. The summed E-state index contributed by atoms with van der Waals surface area (Å²) in [6.07, 6.45) is 0. The summed E-state index contributed by atoms with van der Waals surface area (Å²) < 4.78 is 14.4. The molecular formula is C14H13BrFN. The second-order valence-electron chi connectivity index (χ2n) is 4.03. The van der Waals surface area contributed by atoms with E-state index in [1.807, 2.05) is 31.2 Å². The molecule has 0 aromatic heterocycles. The van der Waals surface area contributed by atoms with Crippen LogP contribution in [0.4, 0.5) is 4.39 Å². The van der Waals surface area contributed by atoms with Crippen molar-refractivity contribution >= 4 is 15.9 Å². The lowest BCUT2D eigenvalue weighted by atomic mass is 9.98. The highest BCUT2D eigenvalue weighted by molar-refractivity contribution is 9.10. The van der Waals surface area contributed by atoms with Gasteiger partial charge in [-0.15, -0.1) is 0 Å². The van der Waals surface area contributed by atoms with Gasteiger partial charge in [0.05, 0.1) is 10.5 Å². The molecule has 0 radical (unpaired) electrons. The maximum atomic E-state index is 13.9. The zero-order valence-corrected chi connectivity index (χ0v) is 11.0. The number of hydrogen-bond donors (Lipinski definition) is 1. The molecule has 1 atom stereocenters. The fourth-order valence-corrected chi connectivity index (χ4v) is 2.19. The van der Waals surface area contributed by atoms with Gasteiger partial charge in [0.25, 0.3) is 0 Å². The maximum absolute atomic E-state index is 13.9. The van der Waals surface area contributed by atoms with Crippen LogP contribution < -0.4 is 5.73 Å². The van der Waals surface area contributed by atoms with Crippen LogP contribution in [0.25, 0.3) is 0 Å². The van der Waals surface area contributed by atoms with Gasteiger partial charge >= 0.3 is 0 Å². The molecule has 1 nitrogen and oxygen atoms in total. The van der Waals surface area contributed by atoms with Crippen LogP contribution in [0.1, 0.15) is 22.7 Å². The van der Waals surface area contributed by atoms with Crippen molar-refractivity contribution in [2.45, 2.75) is 13.0 Å². The molecule has 1 unspecified atom stereocenters. The smallest absolute Gasteiger partial charge is 0.142 e. The number of aryl methyl sites for hydroxylation is 1. The number of halogens is 2. The maximum Gasteiger partial charge on any atom is 0.142 e. The zero-order valence-electron chi connectivity index (χ0n) is 9.45. The Hall–Kier alpha value is -1.19. The van der Waals surface area contributed by atoms with E-state index in [9.17, 15) is 4.39 Å². The summed E-state index contributed by atoms with van der Waals surface area (Å²) in [7, 11) is 0. The van der Waals surface area contributed by atoms with Crippen LogP contribution >= 0.6 is 15.9 Å². The molecule has 0 aliphatic heterocycles. The second-order valence-corrected chi connectivity index (χ2v) is 4.89. The minimum atomic E-state index is -0.438. The fourth-order valence-electron chi connectivity index (χ4n) is 1.80. The molecule has 0 spiro atoms. The molecule has 2 aromatic rings. The average Bonchev–Trinajstić information content (AvgIpc) is 2.32. The summed E-state index contributed by atoms with van der Waals surface area (Å²) in [6, 6.07) is 12.6. The first-order valence-corrected chi connectivity index (χ1v) is 6.15. The van der Waals surface area contributed by atoms with E-state index in [4.69, 9.17) is 5.73 Å². The monoisotopic (exact) mass is 293 g/mol. The molecule has 0 fully saturated rings. The molecule has 2 aromatic carbocycles. The third-order valence-corrected chi connectivity index (χ3v) is 3.33. The fraction of sp³-hybridized carbons (Fsp3) is 0.143. The van der Waals surface area contributed by atoms with E-state index < -0.39 is 6.04 Å². The van der Waals surface area contributed by atoms with Gasteiger partial charge in [-0.2, -0.15) is 0 Å². The highest BCUT2D eigenvalue weighted by Gasteiger charge is 2.15. The molecule has 0 aliphatic carbocycles. The number of benzene rings is 2. The Morgan fingerprint density at radius 2 is 1.88 bits per heavy atom. The van der Waals surface area contributed by atoms with E-state index in [0.717, 1.165) is 11.1 Å². The largest absolute Gasteiger partial charge is 0.320 e. The van der Waals surface area contributed by atoms with Crippen LogP contribution in [0.5, 0.6) is 0 Å². The van der Waals surface area contributed by atoms with Gasteiger partial charge in [-0.05, 0) is 34.5 Å². The minimum Gasteiger partial charge on any atom is -0.320 e. The third kappa shape index (κ3) is 2.56. The van der Waals surface area contributed by atoms with E-state index in [1.54, 1.807) is 18.2 Å². The highest BCUT2D eigenvalue weighted by atomic mass is 79.9. The molecule has 0 amide bonds. The normalized spacial score (nSPS) is 12.5. The van der Waals surface area contributed by atoms with E-state index in [-0.39, 0.29) is 5.82 Å². The number of hydrogen-bond acceptors (Lipinski definition) is 1. The van der Waals surface area contributed by atoms with E-state index in [1.165, 1.54) is 0 Å². The van der Waals surface area contributed by atoms with Gasteiger partial charge in [0.1, 0.15) is 5.82 Å². The molecule has 0 saturated heterocycles. The zero-order chi connectivity index (χ0) is 12.4. The quantitative estimate of drug-likeness (QED) is 0.892. The highest BCUT2D eigenvalue weighted by Crippen LogP contribution is 2.26. The first kappa shape index (κ1) is 12.3. The summed E-state index contributed by atoms with van der Waals surface area (Å²) in [6.45, 7) is 1.99. The van der Waals surface area contributed by atoms with Crippen molar-refractivity contribution in [1.29, 1.82) is 0 Å². The molecule has 0 saturated carbocycles. The summed E-state index contributed by atoms with van der Waals surface area (Å²) in [5, 5.41) is 0. The lowest BCUT2D eigenvalue weighted by molar-refractivity contribution is 0.593. The van der Waals surface area contributed by atoms with E-state index >= 15 is 0 Å². The molecule has 0 bridgehead atoms. The molecule has 0 aliphatic rings. The Morgan fingerprint density at radius 1 is 1.18 bits per heavy atom. The van der Waals surface area contributed by atoms with Gasteiger partial charge in [-0.1, -0.05) is 42.0 Å². The summed E-state index contributed by atoms with van der Waals surface area (Å²) >= 11 is 3.17. The summed E-state index contributed by atoms with van der Waals surface area (Å²) in [5.41, 5.74) is 8.64. The number of nitrogens with two attached hydrogens (primary N) is 1. The van der Waals surface area contributed by atoms with Crippen molar-refractivity contribution in [3.63, 3.8) is 0 Å². The standard InChI is InChI=1S/C14H13BrFN/c1-9-4-2-5-10(8-9)14(17)11-6-3-7-12(15)13(11)16/h2-8,14H,17H2,1H3. The van der Waals surface area contributed by atoms with Gasteiger partial charge in [0, 0.05) is 5.56 Å². The van der Waals surface area contributed by atoms with Crippen molar-refractivity contribution < 1.29 is 4.39 Å². The van der Waals surface area contributed by atoms with Crippen molar-refractivity contribution in [3.05, 3.63) is 69.4 Å². The molecule has 3 heteroatoms. The molecule has 2 N–H and O–H groups in total. The summed E-state index contributed by atoms with van der Waals surface area (Å²) in [5.74, 6) is -0.290. The Labute approximate surface area is 109 Å². The molecular weight excluding hydrogens is 281 g/mol. The topological polar surface area (TPSA) is 26.0 Å². The van der Waals surface area contributed by atoms with Crippen LogP contribution in [0.3, 0.4) is 0 Å². The summed E-state index contributed by atoms with van der Waals surface area (Å²) in [4.78, 5) is 0. The van der Waals surface area contributed by atoms with Gasteiger partial charge in [0.15, 0.2) is 0 Å². The minimum absolute atomic E-state index is 0.290. The Balaban J connectivity index is 2.44. The van der Waals surface area contributed by atoms with Crippen LogP contribution in [0.2, 0.25) is 0 Å². The van der Waals surface area contributed by atoms with E-state index in [2.05, 4.69) is 15.9 Å². The van der Waals surface area contributed by atoms with Gasteiger partial charge < -0.3 is 5.73 Å². The lowest BCUT2D eigenvalue weighted by Crippen LogP contribution is -2.13.